The van der Waals surface area contributed by atoms with Crippen molar-refractivity contribution in [1.82, 2.24) is 24.6 Å². The first-order valence-corrected chi connectivity index (χ1v) is 12.7. The lowest BCUT2D eigenvalue weighted by Gasteiger charge is -2.49. The summed E-state index contributed by atoms with van der Waals surface area (Å²) in [5.74, 6) is 0. The molecule has 0 saturated heterocycles. The second-order valence-corrected chi connectivity index (χ2v) is 10.5. The van der Waals surface area contributed by atoms with Gasteiger partial charge in [-0.1, -0.05) is 54.6 Å². The smallest absolute Gasteiger partial charge is 0.165 e. The monoisotopic (exact) mass is 498 g/mol. The predicted molar refractivity (Wildman–Crippen MR) is 148 cm³/mol. The molecule has 4 heterocycles. The van der Waals surface area contributed by atoms with Gasteiger partial charge < -0.3 is 10.8 Å². The Balaban J connectivity index is 1.40. The van der Waals surface area contributed by atoms with Crippen molar-refractivity contribution in [3.05, 3.63) is 103 Å². The molecule has 7 nitrogen and oxygen atoms in total. The van der Waals surface area contributed by atoms with Crippen LogP contribution >= 0.6 is 0 Å². The van der Waals surface area contributed by atoms with E-state index in [1.807, 2.05) is 54.0 Å². The van der Waals surface area contributed by atoms with Gasteiger partial charge in [-0.25, -0.2) is 9.97 Å². The van der Waals surface area contributed by atoms with Crippen LogP contribution in [0.3, 0.4) is 0 Å². The van der Waals surface area contributed by atoms with Crippen LogP contribution in [0.25, 0.3) is 50.3 Å². The standard InChI is InChI=1S/C31H26N6O/c1-30(38)18-31(32,19-30)24-9-7-22(8-10-24)28-25(20-5-3-2-4-6-20)15-23-17-34-27-16-26(21-11-13-33-14-12-21)36-37(27)29(23)35-28/h2-17,38H,18-19,32H2,1H3/t30-,31+. The average molecular weight is 499 g/mol. The van der Waals surface area contributed by atoms with Gasteiger partial charge in [-0.15, -0.1) is 0 Å². The Kier molecular flexibility index (Phi) is 4.95. The molecule has 1 saturated carbocycles. The Labute approximate surface area is 219 Å². The van der Waals surface area contributed by atoms with Crippen molar-refractivity contribution in [2.24, 2.45) is 5.73 Å². The van der Waals surface area contributed by atoms with Crippen LogP contribution < -0.4 is 5.73 Å². The second-order valence-electron chi connectivity index (χ2n) is 10.5. The van der Waals surface area contributed by atoms with Crippen LogP contribution in [0.5, 0.6) is 0 Å². The third kappa shape index (κ3) is 3.75. The van der Waals surface area contributed by atoms with E-state index >= 15 is 0 Å². The van der Waals surface area contributed by atoms with Crippen molar-refractivity contribution in [2.45, 2.75) is 30.9 Å². The minimum atomic E-state index is -0.702. The Morgan fingerprint density at radius 3 is 2.32 bits per heavy atom. The van der Waals surface area contributed by atoms with Crippen LogP contribution in [0.15, 0.2) is 97.5 Å². The zero-order valence-corrected chi connectivity index (χ0v) is 20.9. The van der Waals surface area contributed by atoms with E-state index in [1.54, 1.807) is 12.4 Å². The van der Waals surface area contributed by atoms with Gasteiger partial charge in [-0.05, 0) is 49.1 Å². The molecule has 0 atom stereocenters. The first-order chi connectivity index (χ1) is 18.4. The van der Waals surface area contributed by atoms with E-state index in [9.17, 15) is 5.11 Å². The fraction of sp³-hybridized carbons (Fsp3) is 0.161. The summed E-state index contributed by atoms with van der Waals surface area (Å²) in [7, 11) is 0. The molecular weight excluding hydrogens is 472 g/mol. The summed E-state index contributed by atoms with van der Waals surface area (Å²) < 4.78 is 1.81. The van der Waals surface area contributed by atoms with Crippen molar-refractivity contribution < 1.29 is 5.11 Å². The van der Waals surface area contributed by atoms with Crippen LogP contribution in [0.4, 0.5) is 0 Å². The number of fused-ring (bicyclic) bond motifs is 3. The third-order valence-corrected chi connectivity index (χ3v) is 7.44. The molecule has 2 aromatic carbocycles. The summed E-state index contributed by atoms with van der Waals surface area (Å²) >= 11 is 0. The number of benzene rings is 2. The summed E-state index contributed by atoms with van der Waals surface area (Å²) in [6, 6.07) is 26.5. The van der Waals surface area contributed by atoms with Gasteiger partial charge in [0.2, 0.25) is 0 Å². The molecule has 1 aliphatic rings. The topological polar surface area (TPSA) is 102 Å². The number of rotatable bonds is 4. The van der Waals surface area contributed by atoms with E-state index in [1.165, 1.54) is 0 Å². The largest absolute Gasteiger partial charge is 0.390 e. The first kappa shape index (κ1) is 22.7. The van der Waals surface area contributed by atoms with E-state index in [-0.39, 0.29) is 0 Å². The van der Waals surface area contributed by atoms with Gasteiger partial charge >= 0.3 is 0 Å². The fourth-order valence-corrected chi connectivity index (χ4v) is 5.73. The number of aromatic nitrogens is 5. The van der Waals surface area contributed by atoms with Crippen molar-refractivity contribution in [3.63, 3.8) is 0 Å². The maximum Gasteiger partial charge on any atom is 0.165 e. The maximum atomic E-state index is 10.3. The molecule has 1 aliphatic carbocycles. The SMILES string of the molecule is C[C@]1(O)C[C@](N)(c2ccc(-c3nc4c(cnc5cc(-c6ccncc6)nn54)cc3-c3ccccc3)cc2)C1. The average Bonchev–Trinajstić information content (AvgIpc) is 3.37. The zero-order chi connectivity index (χ0) is 25.9. The Morgan fingerprint density at radius 2 is 1.61 bits per heavy atom. The lowest BCUT2D eigenvalue weighted by atomic mass is 9.63. The van der Waals surface area contributed by atoms with Crippen LogP contribution in [0.2, 0.25) is 0 Å². The molecule has 4 aromatic heterocycles. The lowest BCUT2D eigenvalue weighted by Crippen LogP contribution is -2.58. The normalized spacial score (nSPS) is 21.0. The van der Waals surface area contributed by atoms with Crippen molar-refractivity contribution >= 4 is 16.7 Å². The summed E-state index contributed by atoms with van der Waals surface area (Å²) in [4.78, 5) is 14.0. The highest BCUT2D eigenvalue weighted by Crippen LogP contribution is 2.46. The van der Waals surface area contributed by atoms with Gasteiger partial charge in [0.25, 0.3) is 0 Å². The number of hydrogen-bond donors (Lipinski definition) is 2. The summed E-state index contributed by atoms with van der Waals surface area (Å²) in [6.07, 6.45) is 6.47. The number of nitrogens with two attached hydrogens (primary N) is 1. The van der Waals surface area contributed by atoms with Gasteiger partial charge in [0.05, 0.1) is 17.0 Å². The predicted octanol–water partition coefficient (Wildman–Crippen LogP) is 5.37. The molecule has 0 radical (unpaired) electrons. The maximum absolute atomic E-state index is 10.3. The highest BCUT2D eigenvalue weighted by molar-refractivity contribution is 5.91. The highest BCUT2D eigenvalue weighted by Gasteiger charge is 2.49. The van der Waals surface area contributed by atoms with E-state index in [2.05, 4.69) is 52.4 Å². The van der Waals surface area contributed by atoms with Crippen LogP contribution in [0, 0.1) is 0 Å². The van der Waals surface area contributed by atoms with Crippen molar-refractivity contribution in [1.29, 1.82) is 0 Å². The van der Waals surface area contributed by atoms with E-state index in [4.69, 9.17) is 15.8 Å². The molecule has 6 aromatic rings. The van der Waals surface area contributed by atoms with E-state index in [0.29, 0.717) is 12.8 Å². The van der Waals surface area contributed by atoms with Gasteiger partial charge in [-0.3, -0.25) is 4.98 Å². The minimum Gasteiger partial charge on any atom is -0.390 e. The molecule has 7 rings (SSSR count). The second kappa shape index (κ2) is 8.28. The molecule has 186 valence electrons. The summed E-state index contributed by atoms with van der Waals surface area (Å²) in [5, 5.41) is 16.0. The Bertz CT molecular complexity index is 1790. The summed E-state index contributed by atoms with van der Waals surface area (Å²) in [6.45, 7) is 1.84. The number of pyridine rings is 2. The number of hydrogen-bond acceptors (Lipinski definition) is 6. The molecular formula is C31H26N6O. The van der Waals surface area contributed by atoms with Crippen molar-refractivity contribution in [3.8, 4) is 33.6 Å². The van der Waals surface area contributed by atoms with Crippen LogP contribution in [-0.4, -0.2) is 35.3 Å². The molecule has 7 heteroatoms. The molecule has 0 bridgehead atoms. The molecule has 3 N–H and O–H groups in total. The lowest BCUT2D eigenvalue weighted by molar-refractivity contribution is -0.0738. The van der Waals surface area contributed by atoms with Gasteiger partial charge in [-0.2, -0.15) is 9.61 Å². The van der Waals surface area contributed by atoms with Crippen LogP contribution in [-0.2, 0) is 5.54 Å². The van der Waals surface area contributed by atoms with Crippen molar-refractivity contribution in [2.75, 3.05) is 0 Å². The molecule has 0 unspecified atom stereocenters. The molecule has 38 heavy (non-hydrogen) atoms. The van der Waals surface area contributed by atoms with Gasteiger partial charge in [0.15, 0.2) is 11.3 Å². The molecule has 0 aliphatic heterocycles. The molecule has 1 fully saturated rings. The Hall–Kier alpha value is -4.46. The summed E-state index contributed by atoms with van der Waals surface area (Å²) in [5.41, 5.74) is 13.6. The van der Waals surface area contributed by atoms with E-state index in [0.717, 1.165) is 55.9 Å². The molecule has 0 spiro atoms. The highest BCUT2D eigenvalue weighted by atomic mass is 16.3. The zero-order valence-electron chi connectivity index (χ0n) is 20.9. The van der Waals surface area contributed by atoms with E-state index < -0.39 is 11.1 Å². The first-order valence-electron chi connectivity index (χ1n) is 12.7. The van der Waals surface area contributed by atoms with Gasteiger partial charge in [0, 0.05) is 52.3 Å². The number of aliphatic hydroxyl groups is 1. The fourth-order valence-electron chi connectivity index (χ4n) is 5.73. The minimum absolute atomic E-state index is 0.503. The van der Waals surface area contributed by atoms with Gasteiger partial charge in [0.1, 0.15) is 0 Å². The Morgan fingerprint density at radius 1 is 0.868 bits per heavy atom. The molecule has 0 amide bonds. The quantitative estimate of drug-likeness (QED) is 0.339. The number of nitrogens with zero attached hydrogens (tertiary/aromatic N) is 5. The van der Waals surface area contributed by atoms with Crippen LogP contribution in [0.1, 0.15) is 25.3 Å². The third-order valence-electron chi connectivity index (χ3n) is 7.44.